The monoisotopic (exact) mass is 334 g/mol. The zero-order valence-electron chi connectivity index (χ0n) is 14.0. The van der Waals surface area contributed by atoms with Crippen LogP contribution in [-0.2, 0) is 13.6 Å². The Labute approximate surface area is 145 Å². The second-order valence-electron chi connectivity index (χ2n) is 6.14. The molecule has 0 fully saturated rings. The van der Waals surface area contributed by atoms with E-state index in [4.69, 9.17) is 5.73 Å². The van der Waals surface area contributed by atoms with Gasteiger partial charge in [0, 0.05) is 50.4 Å². The third-order valence-electron chi connectivity index (χ3n) is 4.34. The molecule has 4 rings (SSSR count). The Kier molecular flexibility index (Phi) is 3.42. The standard InChI is InChI=1S/C18H18N6O/c1-23-9-11-10-24(2)22-16(11)12-4-3-5-15(17(12)23)21-14-6-7-20-8-13(14)18(19)25/h3-8,10H,9H2,1-2H3,(H2,19,25)(H,20,21). The summed E-state index contributed by atoms with van der Waals surface area (Å²) in [6, 6.07) is 7.76. The van der Waals surface area contributed by atoms with E-state index >= 15 is 0 Å². The number of primary amides is 1. The maximum atomic E-state index is 11.7. The maximum Gasteiger partial charge on any atom is 0.252 e. The van der Waals surface area contributed by atoms with E-state index in [0.717, 1.165) is 29.2 Å². The van der Waals surface area contributed by atoms with Crippen molar-refractivity contribution in [3.05, 3.63) is 54.0 Å². The molecule has 3 heterocycles. The summed E-state index contributed by atoms with van der Waals surface area (Å²) in [4.78, 5) is 17.8. The van der Waals surface area contributed by atoms with Crippen molar-refractivity contribution in [3.63, 3.8) is 0 Å². The van der Waals surface area contributed by atoms with Crippen LogP contribution in [0.15, 0.2) is 42.9 Å². The molecule has 0 atom stereocenters. The number of rotatable bonds is 3. The molecule has 1 aromatic carbocycles. The van der Waals surface area contributed by atoms with Gasteiger partial charge in [-0.25, -0.2) is 0 Å². The zero-order chi connectivity index (χ0) is 17.6. The van der Waals surface area contributed by atoms with Crippen molar-refractivity contribution in [3.8, 4) is 11.3 Å². The summed E-state index contributed by atoms with van der Waals surface area (Å²) in [5.41, 5.74) is 11.6. The zero-order valence-corrected chi connectivity index (χ0v) is 14.0. The highest BCUT2D eigenvalue weighted by atomic mass is 16.1. The SMILES string of the molecule is CN1Cc2cn(C)nc2-c2cccc(Nc3ccncc3C(N)=O)c21. The maximum absolute atomic E-state index is 11.7. The first-order chi connectivity index (χ1) is 12.0. The van der Waals surface area contributed by atoms with Crippen molar-refractivity contribution in [2.75, 3.05) is 17.3 Å². The molecule has 2 aromatic heterocycles. The first-order valence-electron chi connectivity index (χ1n) is 7.92. The highest BCUT2D eigenvalue weighted by Gasteiger charge is 2.25. The molecule has 0 unspecified atom stereocenters. The molecule has 0 radical (unpaired) electrons. The van der Waals surface area contributed by atoms with E-state index in [1.54, 1.807) is 12.3 Å². The van der Waals surface area contributed by atoms with Gasteiger partial charge in [0.25, 0.3) is 5.91 Å². The number of anilines is 3. The summed E-state index contributed by atoms with van der Waals surface area (Å²) >= 11 is 0. The fraction of sp³-hybridized carbons (Fsp3) is 0.167. The number of pyridine rings is 1. The van der Waals surface area contributed by atoms with E-state index in [1.165, 1.54) is 11.8 Å². The van der Waals surface area contributed by atoms with Gasteiger partial charge in [-0.3, -0.25) is 14.5 Å². The number of nitrogens with zero attached hydrogens (tertiary/aromatic N) is 4. The number of aryl methyl sites for hydroxylation is 1. The second-order valence-corrected chi connectivity index (χ2v) is 6.14. The summed E-state index contributed by atoms with van der Waals surface area (Å²) in [5, 5.41) is 7.93. The molecule has 1 aliphatic heterocycles. The van der Waals surface area contributed by atoms with E-state index in [1.807, 2.05) is 37.1 Å². The lowest BCUT2D eigenvalue weighted by molar-refractivity contribution is 0.100. The molecule has 25 heavy (non-hydrogen) atoms. The van der Waals surface area contributed by atoms with Crippen LogP contribution in [-0.4, -0.2) is 27.7 Å². The van der Waals surface area contributed by atoms with Gasteiger partial charge in [0.2, 0.25) is 0 Å². The number of fused-ring (bicyclic) bond motifs is 3. The van der Waals surface area contributed by atoms with Crippen molar-refractivity contribution in [2.24, 2.45) is 12.8 Å². The molecule has 1 amide bonds. The van der Waals surface area contributed by atoms with Crippen LogP contribution in [0.5, 0.6) is 0 Å². The fourth-order valence-corrected chi connectivity index (χ4v) is 3.31. The minimum Gasteiger partial charge on any atom is -0.368 e. The molecule has 0 saturated heterocycles. The summed E-state index contributed by atoms with van der Waals surface area (Å²) in [7, 11) is 3.97. The average molecular weight is 334 g/mol. The van der Waals surface area contributed by atoms with Crippen LogP contribution in [0.25, 0.3) is 11.3 Å². The molecular weight excluding hydrogens is 316 g/mol. The fourth-order valence-electron chi connectivity index (χ4n) is 3.31. The van der Waals surface area contributed by atoms with Crippen molar-refractivity contribution >= 4 is 23.0 Å². The second kappa shape index (κ2) is 5.62. The van der Waals surface area contributed by atoms with Crippen LogP contribution in [0.3, 0.4) is 0 Å². The molecule has 7 nitrogen and oxygen atoms in total. The normalized spacial score (nSPS) is 12.5. The molecule has 1 aliphatic rings. The number of nitrogens with one attached hydrogen (secondary N) is 1. The quantitative estimate of drug-likeness (QED) is 0.767. The summed E-state index contributed by atoms with van der Waals surface area (Å²) in [5.74, 6) is -0.513. The minimum absolute atomic E-state index is 0.358. The Morgan fingerprint density at radius 2 is 2.08 bits per heavy atom. The van der Waals surface area contributed by atoms with E-state index in [-0.39, 0.29) is 0 Å². The minimum atomic E-state index is -0.513. The number of hydrogen-bond acceptors (Lipinski definition) is 5. The van der Waals surface area contributed by atoms with Crippen LogP contribution < -0.4 is 16.0 Å². The lowest BCUT2D eigenvalue weighted by Crippen LogP contribution is -2.22. The third-order valence-corrected chi connectivity index (χ3v) is 4.34. The molecule has 3 N–H and O–H groups in total. The Balaban J connectivity index is 1.83. The highest BCUT2D eigenvalue weighted by Crippen LogP contribution is 2.43. The smallest absolute Gasteiger partial charge is 0.252 e. The van der Waals surface area contributed by atoms with Crippen LogP contribution in [0.2, 0.25) is 0 Å². The first kappa shape index (κ1) is 15.2. The van der Waals surface area contributed by atoms with Gasteiger partial charge in [-0.15, -0.1) is 0 Å². The van der Waals surface area contributed by atoms with Gasteiger partial charge in [-0.1, -0.05) is 12.1 Å². The number of para-hydroxylation sites is 1. The van der Waals surface area contributed by atoms with Crippen molar-refractivity contribution in [1.29, 1.82) is 0 Å². The Hall–Kier alpha value is -3.35. The van der Waals surface area contributed by atoms with Crippen LogP contribution in [0.1, 0.15) is 15.9 Å². The van der Waals surface area contributed by atoms with Gasteiger partial charge in [0.15, 0.2) is 0 Å². The van der Waals surface area contributed by atoms with Crippen molar-refractivity contribution in [2.45, 2.75) is 6.54 Å². The van der Waals surface area contributed by atoms with E-state index < -0.39 is 5.91 Å². The number of hydrogen-bond donors (Lipinski definition) is 2. The Morgan fingerprint density at radius 3 is 2.88 bits per heavy atom. The van der Waals surface area contributed by atoms with Gasteiger partial charge in [0.05, 0.1) is 28.3 Å². The molecule has 7 heteroatoms. The van der Waals surface area contributed by atoms with Crippen LogP contribution >= 0.6 is 0 Å². The lowest BCUT2D eigenvalue weighted by atomic mass is 9.99. The number of carbonyl (C=O) groups is 1. The highest BCUT2D eigenvalue weighted by molar-refractivity contribution is 6.00. The molecule has 126 valence electrons. The van der Waals surface area contributed by atoms with Gasteiger partial charge in [-0.2, -0.15) is 5.10 Å². The van der Waals surface area contributed by atoms with Crippen molar-refractivity contribution < 1.29 is 4.79 Å². The topological polar surface area (TPSA) is 89.1 Å². The van der Waals surface area contributed by atoms with E-state index in [2.05, 4.69) is 26.4 Å². The Morgan fingerprint density at radius 1 is 1.24 bits per heavy atom. The molecular formula is C18H18N6O. The number of amides is 1. The summed E-state index contributed by atoms with van der Waals surface area (Å²) < 4.78 is 1.84. The van der Waals surface area contributed by atoms with Crippen molar-refractivity contribution in [1.82, 2.24) is 14.8 Å². The number of carbonyl (C=O) groups excluding carboxylic acids is 1. The molecule has 0 bridgehead atoms. The number of nitrogens with two attached hydrogens (primary N) is 1. The summed E-state index contributed by atoms with van der Waals surface area (Å²) in [6.07, 6.45) is 5.15. The number of aromatic nitrogens is 3. The van der Waals surface area contributed by atoms with Gasteiger partial charge >= 0.3 is 0 Å². The number of benzene rings is 1. The predicted molar refractivity (Wildman–Crippen MR) is 96.8 cm³/mol. The lowest BCUT2D eigenvalue weighted by Gasteiger charge is -2.29. The van der Waals surface area contributed by atoms with E-state index in [9.17, 15) is 4.79 Å². The van der Waals surface area contributed by atoms with Crippen LogP contribution in [0, 0.1) is 0 Å². The molecule has 0 spiro atoms. The summed E-state index contributed by atoms with van der Waals surface area (Å²) in [6.45, 7) is 0.772. The average Bonchev–Trinajstić information content (AvgIpc) is 2.95. The Bertz CT molecular complexity index is 977. The third kappa shape index (κ3) is 2.50. The molecule has 0 aliphatic carbocycles. The largest absolute Gasteiger partial charge is 0.368 e. The van der Waals surface area contributed by atoms with Gasteiger partial charge < -0.3 is 16.0 Å². The van der Waals surface area contributed by atoms with Crippen LogP contribution in [0.4, 0.5) is 17.1 Å². The predicted octanol–water partition coefficient (Wildman–Crippen LogP) is 2.27. The van der Waals surface area contributed by atoms with Gasteiger partial charge in [0.1, 0.15) is 0 Å². The first-order valence-corrected chi connectivity index (χ1v) is 7.92. The van der Waals surface area contributed by atoms with E-state index in [0.29, 0.717) is 11.3 Å². The molecule has 0 saturated carbocycles. The molecule has 3 aromatic rings. The van der Waals surface area contributed by atoms with Gasteiger partial charge in [-0.05, 0) is 12.1 Å².